The molecule has 9 heteroatoms. The summed E-state index contributed by atoms with van der Waals surface area (Å²) in [7, 11) is -1.62. The third kappa shape index (κ3) is 5.42. The molecule has 31 heavy (non-hydrogen) atoms. The van der Waals surface area contributed by atoms with Crippen LogP contribution in [0.3, 0.4) is 0 Å². The first kappa shape index (κ1) is 23.6. The van der Waals surface area contributed by atoms with E-state index >= 15 is 0 Å². The van der Waals surface area contributed by atoms with Crippen LogP contribution < -0.4 is 0 Å². The first-order valence-electron chi connectivity index (χ1n) is 11.4. The van der Waals surface area contributed by atoms with Gasteiger partial charge in [-0.25, -0.2) is 12.7 Å². The normalized spacial score (nSPS) is 26.0. The number of carbonyl (C=O) groups is 2. The predicted octanol–water partition coefficient (Wildman–Crippen LogP) is 1.97. The molecule has 3 heterocycles. The number of fused-ring (bicyclic) bond motifs is 1. The fourth-order valence-electron chi connectivity index (χ4n) is 5.05. The van der Waals surface area contributed by atoms with Crippen molar-refractivity contribution in [3.05, 3.63) is 24.7 Å². The molecule has 0 N–H and O–H groups in total. The highest BCUT2D eigenvalue weighted by Gasteiger charge is 2.56. The standard InChI is InChI=1S/C22H36N4O4S/c1-4-9-18-21-19(26(22(18)28)31(3,29)30)11-15-25(21)20(27)10-6-5-7-13-24-14-8-12-23(2)16-17-24/h8,12,16-19,21H,4-7,9-11,13-15H2,1-3H3/t18-,19+,21-/m1/s1. The van der Waals surface area contributed by atoms with E-state index in [1.165, 1.54) is 0 Å². The molecule has 3 atom stereocenters. The first-order chi connectivity index (χ1) is 14.7. The quantitative estimate of drug-likeness (QED) is 0.498. The lowest BCUT2D eigenvalue weighted by Crippen LogP contribution is -2.43. The van der Waals surface area contributed by atoms with E-state index in [0.717, 1.165) is 49.3 Å². The molecule has 2 fully saturated rings. The number of hydrogen-bond donors (Lipinski definition) is 0. The molecule has 3 aliphatic heterocycles. The highest BCUT2D eigenvalue weighted by molar-refractivity contribution is 7.88. The molecule has 0 saturated carbocycles. The minimum atomic E-state index is -3.62. The van der Waals surface area contributed by atoms with Crippen LogP contribution in [0, 0.1) is 5.92 Å². The summed E-state index contributed by atoms with van der Waals surface area (Å²) >= 11 is 0. The third-order valence-corrected chi connectivity index (χ3v) is 7.64. The molecule has 0 bridgehead atoms. The fourth-order valence-corrected chi connectivity index (χ4v) is 6.24. The number of unbranched alkanes of at least 4 members (excludes halogenated alkanes) is 2. The average Bonchev–Trinajstić information content (AvgIpc) is 3.14. The van der Waals surface area contributed by atoms with Crippen LogP contribution in [0.15, 0.2) is 24.7 Å². The van der Waals surface area contributed by atoms with Gasteiger partial charge in [-0.15, -0.1) is 0 Å². The Balaban J connectivity index is 1.51. The van der Waals surface area contributed by atoms with E-state index in [9.17, 15) is 18.0 Å². The molecule has 2 saturated heterocycles. The van der Waals surface area contributed by atoms with Crippen LogP contribution in [0.5, 0.6) is 0 Å². The number of amides is 2. The van der Waals surface area contributed by atoms with Gasteiger partial charge >= 0.3 is 0 Å². The van der Waals surface area contributed by atoms with E-state index in [0.29, 0.717) is 25.8 Å². The number of likely N-dealkylation sites (tertiary alicyclic amines) is 1. The van der Waals surface area contributed by atoms with Crippen molar-refractivity contribution in [2.24, 2.45) is 5.92 Å². The number of hydrogen-bond acceptors (Lipinski definition) is 6. The molecule has 3 aliphatic rings. The molecule has 3 rings (SSSR count). The van der Waals surface area contributed by atoms with Gasteiger partial charge in [0.25, 0.3) is 0 Å². The van der Waals surface area contributed by atoms with Gasteiger partial charge in [-0.3, -0.25) is 9.59 Å². The van der Waals surface area contributed by atoms with Crippen molar-refractivity contribution in [3.63, 3.8) is 0 Å². The van der Waals surface area contributed by atoms with E-state index < -0.39 is 22.0 Å². The Bertz CT molecular complexity index is 825. The molecule has 0 aromatic heterocycles. The summed E-state index contributed by atoms with van der Waals surface area (Å²) in [4.78, 5) is 31.8. The van der Waals surface area contributed by atoms with Crippen LogP contribution in [0.25, 0.3) is 0 Å². The molecule has 0 aromatic rings. The van der Waals surface area contributed by atoms with E-state index in [1.54, 1.807) is 4.90 Å². The van der Waals surface area contributed by atoms with E-state index in [2.05, 4.69) is 17.2 Å². The summed E-state index contributed by atoms with van der Waals surface area (Å²) in [5, 5.41) is 0. The van der Waals surface area contributed by atoms with Crippen molar-refractivity contribution < 1.29 is 18.0 Å². The zero-order valence-electron chi connectivity index (χ0n) is 18.9. The molecular weight excluding hydrogens is 416 g/mol. The first-order valence-corrected chi connectivity index (χ1v) is 13.2. The van der Waals surface area contributed by atoms with Gasteiger partial charge in [-0.1, -0.05) is 19.8 Å². The van der Waals surface area contributed by atoms with Gasteiger partial charge in [0.05, 0.1) is 24.3 Å². The summed E-state index contributed by atoms with van der Waals surface area (Å²) in [6.45, 7) is 4.36. The van der Waals surface area contributed by atoms with Crippen LogP contribution >= 0.6 is 0 Å². The van der Waals surface area contributed by atoms with Crippen LogP contribution in [0.4, 0.5) is 0 Å². The zero-order valence-corrected chi connectivity index (χ0v) is 19.8. The van der Waals surface area contributed by atoms with Crippen molar-refractivity contribution in [1.29, 1.82) is 0 Å². The fraction of sp³-hybridized carbons (Fsp3) is 0.727. The number of sulfonamides is 1. The largest absolute Gasteiger partial charge is 0.372 e. The van der Waals surface area contributed by atoms with Gasteiger partial charge < -0.3 is 14.7 Å². The average molecular weight is 453 g/mol. The van der Waals surface area contributed by atoms with Gasteiger partial charge in [0.2, 0.25) is 21.8 Å². The van der Waals surface area contributed by atoms with Crippen LogP contribution in [0.2, 0.25) is 0 Å². The monoisotopic (exact) mass is 452 g/mol. The van der Waals surface area contributed by atoms with Crippen molar-refractivity contribution >= 4 is 21.8 Å². The highest BCUT2D eigenvalue weighted by Crippen LogP contribution is 2.40. The summed E-state index contributed by atoms with van der Waals surface area (Å²) in [6, 6.07) is -0.704. The van der Waals surface area contributed by atoms with Crippen LogP contribution in [-0.4, -0.2) is 84.3 Å². The minimum absolute atomic E-state index is 0.0518. The number of nitrogens with zero attached hydrogens (tertiary/aromatic N) is 4. The molecule has 0 aromatic carbocycles. The number of rotatable bonds is 9. The van der Waals surface area contributed by atoms with Gasteiger partial charge in [0.1, 0.15) is 0 Å². The van der Waals surface area contributed by atoms with Gasteiger partial charge in [0, 0.05) is 51.7 Å². The summed E-state index contributed by atoms with van der Waals surface area (Å²) < 4.78 is 25.5. The second-order valence-corrected chi connectivity index (χ2v) is 10.7. The van der Waals surface area contributed by atoms with Gasteiger partial charge in [-0.05, 0) is 31.8 Å². The Morgan fingerprint density at radius 1 is 1.16 bits per heavy atom. The van der Waals surface area contributed by atoms with E-state index in [1.807, 2.05) is 31.3 Å². The molecule has 0 aliphatic carbocycles. The van der Waals surface area contributed by atoms with Gasteiger partial charge in [-0.2, -0.15) is 0 Å². The van der Waals surface area contributed by atoms with Gasteiger partial charge in [0.15, 0.2) is 0 Å². The molecule has 174 valence electrons. The summed E-state index contributed by atoms with van der Waals surface area (Å²) in [6.07, 6.45) is 14.6. The lowest BCUT2D eigenvalue weighted by atomic mass is 9.94. The van der Waals surface area contributed by atoms with Crippen LogP contribution in [-0.2, 0) is 19.6 Å². The second kappa shape index (κ2) is 10.1. The van der Waals surface area contributed by atoms with Crippen molar-refractivity contribution in [2.75, 3.05) is 32.9 Å². The molecule has 0 radical (unpaired) electrons. The predicted molar refractivity (Wildman–Crippen MR) is 120 cm³/mol. The Morgan fingerprint density at radius 3 is 2.65 bits per heavy atom. The SMILES string of the molecule is CCC[C@H]1C(=O)N(S(C)(=O)=O)[C@H]2CCN(C(=O)CCCCCN3C=CN(C)C=CC3)[C@H]12. The molecular formula is C22H36N4O4S. The highest BCUT2D eigenvalue weighted by atomic mass is 32.2. The topological polar surface area (TPSA) is 81.2 Å². The molecule has 2 amide bonds. The Kier molecular flexibility index (Phi) is 7.67. The summed E-state index contributed by atoms with van der Waals surface area (Å²) in [5.41, 5.74) is 0. The number of carbonyl (C=O) groups excluding carboxylic acids is 2. The lowest BCUT2D eigenvalue weighted by Gasteiger charge is -2.27. The Hall–Kier alpha value is -2.03. The Labute approximate surface area is 186 Å². The molecule has 0 spiro atoms. The minimum Gasteiger partial charge on any atom is -0.372 e. The zero-order chi connectivity index (χ0) is 22.6. The van der Waals surface area contributed by atoms with E-state index in [4.69, 9.17) is 0 Å². The van der Waals surface area contributed by atoms with Crippen LogP contribution in [0.1, 0.15) is 51.9 Å². The maximum absolute atomic E-state index is 13.0. The van der Waals surface area contributed by atoms with E-state index in [-0.39, 0.29) is 17.9 Å². The molecule has 8 nitrogen and oxygen atoms in total. The second-order valence-electron chi connectivity index (χ2n) is 8.88. The third-order valence-electron chi connectivity index (χ3n) is 6.47. The smallest absolute Gasteiger partial charge is 0.241 e. The lowest BCUT2D eigenvalue weighted by molar-refractivity contribution is -0.134. The maximum atomic E-state index is 13.0. The Morgan fingerprint density at radius 2 is 1.94 bits per heavy atom. The molecule has 0 unspecified atom stereocenters. The van der Waals surface area contributed by atoms with Crippen molar-refractivity contribution in [2.45, 2.75) is 64.0 Å². The summed E-state index contributed by atoms with van der Waals surface area (Å²) in [5.74, 6) is -0.685. The maximum Gasteiger partial charge on any atom is 0.241 e. The van der Waals surface area contributed by atoms with Crippen molar-refractivity contribution in [3.8, 4) is 0 Å². The van der Waals surface area contributed by atoms with Crippen molar-refractivity contribution in [1.82, 2.24) is 19.0 Å².